The summed E-state index contributed by atoms with van der Waals surface area (Å²) in [5, 5.41) is 0.723. The summed E-state index contributed by atoms with van der Waals surface area (Å²) in [5.41, 5.74) is 3.71. The molecule has 2 heterocycles. The van der Waals surface area contributed by atoms with Crippen LogP contribution in [0.25, 0.3) is 12.2 Å². The first kappa shape index (κ1) is 32.1. The van der Waals surface area contributed by atoms with E-state index in [0.717, 1.165) is 33.8 Å². The molecule has 46 heavy (non-hydrogen) atoms. The minimum absolute atomic E-state index is 0.0852. The Morgan fingerprint density at radius 2 is 0.935 bits per heavy atom. The summed E-state index contributed by atoms with van der Waals surface area (Å²) in [7, 11) is 3.25. The highest BCUT2D eigenvalue weighted by atomic mass is 35.5. The normalized spacial score (nSPS) is 19.8. The maximum atomic E-state index is 14.0. The predicted molar refractivity (Wildman–Crippen MR) is 189 cm³/mol. The van der Waals surface area contributed by atoms with Crippen LogP contribution in [-0.2, 0) is 9.59 Å². The Bertz CT molecular complexity index is 1640. The lowest BCUT2D eigenvalue weighted by Crippen LogP contribution is -2.38. The molecule has 2 aliphatic heterocycles. The number of thioether (sulfide) groups is 2. The molecular weight excluding hydrogens is 659 g/mol. The number of methoxy groups -OCH3 is 2. The third-order valence-corrected chi connectivity index (χ3v) is 10.8. The largest absolute Gasteiger partial charge is 0.497 e. The van der Waals surface area contributed by atoms with E-state index in [4.69, 9.17) is 32.7 Å². The molecular formula is C36H30Cl2N2O4S2. The average molecular weight is 690 g/mol. The van der Waals surface area contributed by atoms with Gasteiger partial charge in [0.2, 0.25) is 0 Å². The van der Waals surface area contributed by atoms with Crippen LogP contribution in [0.15, 0.2) is 107 Å². The molecule has 234 valence electrons. The fourth-order valence-corrected chi connectivity index (χ4v) is 8.08. The molecule has 0 bridgehead atoms. The molecule has 2 saturated heterocycles. The maximum absolute atomic E-state index is 14.0. The summed E-state index contributed by atoms with van der Waals surface area (Å²) in [6.45, 7) is 0.682. The summed E-state index contributed by atoms with van der Waals surface area (Å²) in [5.74, 6) is 1.31. The number of carbonyl (C=O) groups is 2. The van der Waals surface area contributed by atoms with E-state index in [1.165, 1.54) is 23.5 Å². The van der Waals surface area contributed by atoms with Gasteiger partial charge < -0.3 is 19.3 Å². The van der Waals surface area contributed by atoms with Crippen molar-refractivity contribution in [3.63, 3.8) is 0 Å². The molecule has 0 radical (unpaired) electrons. The Kier molecular flexibility index (Phi) is 9.99. The van der Waals surface area contributed by atoms with Gasteiger partial charge in [-0.1, -0.05) is 95.3 Å². The van der Waals surface area contributed by atoms with Gasteiger partial charge >= 0.3 is 0 Å². The van der Waals surface area contributed by atoms with Crippen molar-refractivity contribution in [2.45, 2.75) is 10.7 Å². The smallest absolute Gasteiger partial charge is 0.261 e. The van der Waals surface area contributed by atoms with Crippen LogP contribution in [0.4, 0.5) is 0 Å². The lowest BCUT2D eigenvalue weighted by atomic mass is 10.1. The van der Waals surface area contributed by atoms with Crippen LogP contribution in [0.1, 0.15) is 33.0 Å². The molecule has 6 rings (SSSR count). The van der Waals surface area contributed by atoms with Gasteiger partial charge in [-0.15, -0.1) is 0 Å². The zero-order valence-electron chi connectivity index (χ0n) is 25.1. The van der Waals surface area contributed by atoms with Crippen LogP contribution < -0.4 is 9.47 Å². The van der Waals surface area contributed by atoms with Crippen molar-refractivity contribution < 1.29 is 19.1 Å². The molecule has 2 atom stereocenters. The van der Waals surface area contributed by atoms with Gasteiger partial charge in [0.15, 0.2) is 0 Å². The molecule has 2 aliphatic rings. The van der Waals surface area contributed by atoms with E-state index in [1.807, 2.05) is 119 Å². The van der Waals surface area contributed by atoms with Crippen LogP contribution in [0.2, 0.25) is 10.0 Å². The van der Waals surface area contributed by atoms with Gasteiger partial charge in [0.1, 0.15) is 22.2 Å². The summed E-state index contributed by atoms with van der Waals surface area (Å²) >= 11 is 15.2. The van der Waals surface area contributed by atoms with Crippen molar-refractivity contribution in [2.24, 2.45) is 0 Å². The minimum atomic E-state index is -0.272. The van der Waals surface area contributed by atoms with Crippen LogP contribution in [-0.4, -0.2) is 48.9 Å². The van der Waals surface area contributed by atoms with Gasteiger partial charge in [0.05, 0.1) is 24.0 Å². The summed E-state index contributed by atoms with van der Waals surface area (Å²) < 4.78 is 10.7. The Labute approximate surface area is 287 Å². The fraction of sp³-hybridized carbons (Fsp3) is 0.167. The van der Waals surface area contributed by atoms with E-state index < -0.39 is 0 Å². The highest BCUT2D eigenvalue weighted by Gasteiger charge is 2.41. The molecule has 2 amide bonds. The van der Waals surface area contributed by atoms with E-state index in [0.29, 0.717) is 32.9 Å². The first-order valence-corrected chi connectivity index (χ1v) is 17.0. The molecule has 4 aromatic carbocycles. The number of nitrogens with zero attached hydrogens (tertiary/aromatic N) is 2. The second-order valence-corrected chi connectivity index (χ2v) is 13.7. The van der Waals surface area contributed by atoms with Gasteiger partial charge in [-0.3, -0.25) is 9.59 Å². The van der Waals surface area contributed by atoms with Gasteiger partial charge in [-0.05, 0) is 82.9 Å². The molecule has 4 aromatic rings. The monoisotopic (exact) mass is 688 g/mol. The lowest BCUT2D eigenvalue weighted by molar-refractivity contribution is -0.130. The predicted octanol–water partition coefficient (Wildman–Crippen LogP) is 8.94. The van der Waals surface area contributed by atoms with Gasteiger partial charge in [0, 0.05) is 23.1 Å². The standard InChI is InChI=1S/C36H30Cl2N2O4S2/c1-43-29-15-7-25(8-16-29)35-39(33(41)31(45-35)21-23-3-11-27(37)12-4-23)19-20-40-34(42)32(22-24-5-13-28(38)14-6-24)46-36(40)26-9-17-30(44-2)18-10-26/h3-18,21-22,35-36H,19-20H2,1-2H3/b31-21-,32-22-/t35-,36+. The number of rotatable bonds is 9. The van der Waals surface area contributed by atoms with Crippen LogP contribution in [0.3, 0.4) is 0 Å². The highest BCUT2D eigenvalue weighted by Crippen LogP contribution is 2.49. The number of amides is 2. The summed E-state index contributed by atoms with van der Waals surface area (Å²) in [4.78, 5) is 32.9. The SMILES string of the molecule is COc1ccc([C@H]2S/C(=C\c3ccc(Cl)cc3)C(=O)N2CCN2C(=O)/C(=C/c3ccc(Cl)cc3)S[C@H]2c2ccc(OC)cc2)cc1. The molecule has 2 fully saturated rings. The van der Waals surface area contributed by atoms with Gasteiger partial charge in [-0.2, -0.15) is 0 Å². The number of benzene rings is 4. The summed E-state index contributed by atoms with van der Waals surface area (Å²) in [6, 6.07) is 30.3. The average Bonchev–Trinajstić information content (AvgIpc) is 3.56. The molecule has 0 spiro atoms. The number of halogens is 2. The zero-order valence-corrected chi connectivity index (χ0v) is 28.2. The Morgan fingerprint density at radius 1 is 0.587 bits per heavy atom. The van der Waals surface area contributed by atoms with Crippen molar-refractivity contribution in [3.05, 3.63) is 139 Å². The first-order chi connectivity index (χ1) is 22.3. The van der Waals surface area contributed by atoms with Crippen LogP contribution in [0.5, 0.6) is 11.5 Å². The van der Waals surface area contributed by atoms with Gasteiger partial charge in [0.25, 0.3) is 11.8 Å². The van der Waals surface area contributed by atoms with E-state index >= 15 is 0 Å². The number of hydrogen-bond acceptors (Lipinski definition) is 6. The van der Waals surface area contributed by atoms with Crippen molar-refractivity contribution in [1.29, 1.82) is 0 Å². The van der Waals surface area contributed by atoms with Crippen molar-refractivity contribution >= 4 is 70.7 Å². The molecule has 0 unspecified atom stereocenters. The topological polar surface area (TPSA) is 59.1 Å². The Morgan fingerprint density at radius 3 is 1.26 bits per heavy atom. The third kappa shape index (κ3) is 7.10. The van der Waals surface area contributed by atoms with E-state index in [-0.39, 0.29) is 22.6 Å². The Balaban J connectivity index is 1.30. The lowest BCUT2D eigenvalue weighted by Gasteiger charge is -2.29. The minimum Gasteiger partial charge on any atom is -0.497 e. The number of carbonyl (C=O) groups excluding carboxylic acids is 2. The third-order valence-electron chi connectivity index (χ3n) is 7.71. The highest BCUT2D eigenvalue weighted by molar-refractivity contribution is 8.05. The maximum Gasteiger partial charge on any atom is 0.261 e. The van der Waals surface area contributed by atoms with Crippen LogP contribution in [0, 0.1) is 0 Å². The second kappa shape index (κ2) is 14.3. The van der Waals surface area contributed by atoms with E-state index in [2.05, 4.69) is 0 Å². The zero-order chi connectivity index (χ0) is 32.2. The Hall–Kier alpha value is -3.82. The summed E-state index contributed by atoms with van der Waals surface area (Å²) in [6.07, 6.45) is 3.79. The molecule has 0 saturated carbocycles. The van der Waals surface area contributed by atoms with Crippen molar-refractivity contribution in [3.8, 4) is 11.5 Å². The van der Waals surface area contributed by atoms with Crippen LogP contribution >= 0.6 is 46.7 Å². The molecule has 10 heteroatoms. The van der Waals surface area contributed by atoms with E-state index in [9.17, 15) is 9.59 Å². The van der Waals surface area contributed by atoms with Crippen molar-refractivity contribution in [2.75, 3.05) is 27.3 Å². The molecule has 0 aliphatic carbocycles. The number of ether oxygens (including phenoxy) is 2. The quantitative estimate of drug-likeness (QED) is 0.164. The molecule has 0 N–H and O–H groups in total. The fourth-order valence-electron chi connectivity index (χ4n) is 5.26. The first-order valence-electron chi connectivity index (χ1n) is 14.5. The molecule has 6 nitrogen and oxygen atoms in total. The van der Waals surface area contributed by atoms with E-state index in [1.54, 1.807) is 14.2 Å². The number of hydrogen-bond donors (Lipinski definition) is 0. The second-order valence-electron chi connectivity index (χ2n) is 10.6. The van der Waals surface area contributed by atoms with Crippen molar-refractivity contribution in [1.82, 2.24) is 9.80 Å². The van der Waals surface area contributed by atoms with Gasteiger partial charge in [-0.25, -0.2) is 0 Å². The molecule has 0 aromatic heterocycles.